The minimum absolute atomic E-state index is 0.0338. The monoisotopic (exact) mass is 281 g/mol. The first-order chi connectivity index (χ1) is 9.04. The van der Waals surface area contributed by atoms with E-state index in [1.807, 2.05) is 19.1 Å². The van der Waals surface area contributed by atoms with Gasteiger partial charge in [0.25, 0.3) is 5.89 Å². The van der Waals surface area contributed by atoms with Crippen LogP contribution >= 0.6 is 11.6 Å². The summed E-state index contributed by atoms with van der Waals surface area (Å²) in [5.41, 5.74) is 6.79. The molecule has 6 heteroatoms. The van der Waals surface area contributed by atoms with Crippen LogP contribution in [0.4, 0.5) is 0 Å². The Morgan fingerprint density at radius 3 is 2.89 bits per heavy atom. The maximum atomic E-state index is 5.98. The molecule has 0 amide bonds. The van der Waals surface area contributed by atoms with E-state index in [9.17, 15) is 0 Å². The van der Waals surface area contributed by atoms with E-state index >= 15 is 0 Å². The fourth-order valence-electron chi connectivity index (χ4n) is 1.73. The van der Waals surface area contributed by atoms with E-state index in [2.05, 4.69) is 10.1 Å². The van der Waals surface area contributed by atoms with Crippen LogP contribution < -0.4 is 10.5 Å². The van der Waals surface area contributed by atoms with Crippen molar-refractivity contribution in [3.63, 3.8) is 0 Å². The van der Waals surface area contributed by atoms with Crippen molar-refractivity contribution in [2.24, 2.45) is 5.73 Å². The summed E-state index contributed by atoms with van der Waals surface area (Å²) in [6, 6.07) is 5.50. The fourth-order valence-corrected chi connectivity index (χ4v) is 1.93. The number of rotatable bonds is 5. The fraction of sp³-hybridized carbons (Fsp3) is 0.385. The zero-order chi connectivity index (χ0) is 13.8. The van der Waals surface area contributed by atoms with E-state index in [0.717, 1.165) is 11.3 Å². The van der Waals surface area contributed by atoms with Gasteiger partial charge >= 0.3 is 0 Å². The van der Waals surface area contributed by atoms with Gasteiger partial charge in [0.1, 0.15) is 5.75 Å². The summed E-state index contributed by atoms with van der Waals surface area (Å²) in [7, 11) is 0. The molecule has 0 aliphatic rings. The van der Waals surface area contributed by atoms with Gasteiger partial charge in [-0.15, -0.1) is 0 Å². The highest BCUT2D eigenvalue weighted by Gasteiger charge is 2.09. The zero-order valence-electron chi connectivity index (χ0n) is 10.9. The van der Waals surface area contributed by atoms with E-state index < -0.39 is 0 Å². The van der Waals surface area contributed by atoms with Crippen molar-refractivity contribution in [2.45, 2.75) is 32.9 Å². The quantitative estimate of drug-likeness (QED) is 0.911. The van der Waals surface area contributed by atoms with Crippen LogP contribution in [0.25, 0.3) is 0 Å². The Bertz CT molecular complexity index is 555. The Kier molecular flexibility index (Phi) is 4.39. The number of hydrogen-bond acceptors (Lipinski definition) is 5. The van der Waals surface area contributed by atoms with Crippen LogP contribution in [0.3, 0.4) is 0 Å². The molecule has 0 bridgehead atoms. The van der Waals surface area contributed by atoms with Crippen molar-refractivity contribution < 1.29 is 9.26 Å². The normalized spacial score (nSPS) is 12.4. The number of halogens is 1. The summed E-state index contributed by atoms with van der Waals surface area (Å²) in [6.45, 7) is 3.93. The molecular weight excluding hydrogens is 266 g/mol. The Labute approximate surface area is 116 Å². The van der Waals surface area contributed by atoms with Gasteiger partial charge in [0.05, 0.1) is 0 Å². The second-order valence-corrected chi connectivity index (χ2v) is 4.89. The molecule has 0 aliphatic carbocycles. The molecule has 0 saturated carbocycles. The van der Waals surface area contributed by atoms with Gasteiger partial charge in [-0.1, -0.05) is 16.8 Å². The smallest absolute Gasteiger partial charge is 0.264 e. The first-order valence-electron chi connectivity index (χ1n) is 6.00. The largest absolute Gasteiger partial charge is 0.483 e. The molecule has 1 unspecified atom stereocenters. The maximum absolute atomic E-state index is 5.98. The van der Waals surface area contributed by atoms with Crippen molar-refractivity contribution in [1.29, 1.82) is 0 Å². The number of aromatic nitrogens is 2. The molecule has 0 radical (unpaired) electrons. The zero-order valence-corrected chi connectivity index (χ0v) is 11.6. The highest BCUT2D eigenvalue weighted by atomic mass is 35.5. The number of nitrogens with zero attached hydrogens (tertiary/aromatic N) is 2. The molecular formula is C13H16ClN3O2. The van der Waals surface area contributed by atoms with E-state index in [4.69, 9.17) is 26.6 Å². The van der Waals surface area contributed by atoms with Gasteiger partial charge in [0.2, 0.25) is 0 Å². The second kappa shape index (κ2) is 6.04. The lowest BCUT2D eigenvalue weighted by Gasteiger charge is -2.12. The number of benzene rings is 1. The molecule has 0 fully saturated rings. The third-order valence-electron chi connectivity index (χ3n) is 2.49. The summed E-state index contributed by atoms with van der Waals surface area (Å²) < 4.78 is 10.7. The molecule has 1 aromatic heterocycles. The lowest BCUT2D eigenvalue weighted by Crippen LogP contribution is -2.18. The standard InChI is InChI=1S/C13H16ClN3O2/c1-8(15)5-10-6-11(14)3-4-12(10)18-7-13-16-9(2)17-19-13/h3-4,6,8H,5,7,15H2,1-2H3. The Balaban J connectivity index is 2.10. The third-order valence-corrected chi connectivity index (χ3v) is 2.72. The molecule has 2 N–H and O–H groups in total. The second-order valence-electron chi connectivity index (χ2n) is 4.46. The molecule has 19 heavy (non-hydrogen) atoms. The molecule has 0 saturated heterocycles. The Morgan fingerprint density at radius 2 is 2.26 bits per heavy atom. The highest BCUT2D eigenvalue weighted by Crippen LogP contribution is 2.24. The van der Waals surface area contributed by atoms with Crippen LogP contribution in [0.15, 0.2) is 22.7 Å². The molecule has 0 aliphatic heterocycles. The van der Waals surface area contributed by atoms with Crippen molar-refractivity contribution in [3.05, 3.63) is 40.5 Å². The summed E-state index contributed by atoms with van der Waals surface area (Å²) >= 11 is 5.98. The topological polar surface area (TPSA) is 74.2 Å². The van der Waals surface area contributed by atoms with Gasteiger partial charge in [-0.05, 0) is 44.0 Å². The first-order valence-corrected chi connectivity index (χ1v) is 6.38. The molecule has 1 aromatic carbocycles. The van der Waals surface area contributed by atoms with Crippen LogP contribution in [-0.2, 0) is 13.0 Å². The predicted octanol–water partition coefficient (Wildman–Crippen LogP) is 2.50. The summed E-state index contributed by atoms with van der Waals surface area (Å²) in [5.74, 6) is 1.77. The van der Waals surface area contributed by atoms with E-state index in [0.29, 0.717) is 23.2 Å². The molecule has 1 heterocycles. The van der Waals surface area contributed by atoms with Gasteiger partial charge in [0.15, 0.2) is 12.4 Å². The van der Waals surface area contributed by atoms with E-state index in [1.54, 1.807) is 13.0 Å². The van der Waals surface area contributed by atoms with Crippen LogP contribution in [-0.4, -0.2) is 16.2 Å². The molecule has 5 nitrogen and oxygen atoms in total. The van der Waals surface area contributed by atoms with Crippen molar-refractivity contribution in [2.75, 3.05) is 0 Å². The average molecular weight is 282 g/mol. The number of aryl methyl sites for hydroxylation is 1. The van der Waals surface area contributed by atoms with Crippen molar-refractivity contribution >= 4 is 11.6 Å². The number of ether oxygens (including phenoxy) is 1. The van der Waals surface area contributed by atoms with Crippen LogP contribution in [0.1, 0.15) is 24.2 Å². The maximum Gasteiger partial charge on any atom is 0.264 e. The van der Waals surface area contributed by atoms with Crippen LogP contribution in [0.2, 0.25) is 5.02 Å². The van der Waals surface area contributed by atoms with Crippen molar-refractivity contribution in [3.8, 4) is 5.75 Å². The third kappa shape index (κ3) is 3.94. The number of hydrogen-bond donors (Lipinski definition) is 1. The first kappa shape index (κ1) is 13.8. The summed E-state index contributed by atoms with van der Waals surface area (Å²) in [6.07, 6.45) is 0.693. The van der Waals surface area contributed by atoms with Crippen molar-refractivity contribution in [1.82, 2.24) is 10.1 Å². The Morgan fingerprint density at radius 1 is 1.47 bits per heavy atom. The predicted molar refractivity (Wildman–Crippen MR) is 72.2 cm³/mol. The minimum Gasteiger partial charge on any atom is -0.483 e. The molecule has 1 atom stereocenters. The number of nitrogens with two attached hydrogens (primary N) is 1. The molecule has 102 valence electrons. The average Bonchev–Trinajstić information content (AvgIpc) is 2.73. The Hall–Kier alpha value is -1.59. The van der Waals surface area contributed by atoms with Gasteiger partial charge in [0, 0.05) is 11.1 Å². The minimum atomic E-state index is 0.0338. The molecule has 2 rings (SSSR count). The molecule has 0 spiro atoms. The SMILES string of the molecule is Cc1noc(COc2ccc(Cl)cc2CC(C)N)n1. The lowest BCUT2D eigenvalue weighted by molar-refractivity contribution is 0.240. The molecule has 2 aromatic rings. The van der Waals surface area contributed by atoms with E-state index in [1.165, 1.54) is 0 Å². The summed E-state index contributed by atoms with van der Waals surface area (Å²) in [4.78, 5) is 4.08. The summed E-state index contributed by atoms with van der Waals surface area (Å²) in [5, 5.41) is 4.37. The van der Waals surface area contributed by atoms with Gasteiger partial charge in [-0.25, -0.2) is 0 Å². The lowest BCUT2D eigenvalue weighted by atomic mass is 10.1. The van der Waals surface area contributed by atoms with Gasteiger partial charge in [-0.3, -0.25) is 0 Å². The van der Waals surface area contributed by atoms with Gasteiger partial charge in [-0.2, -0.15) is 4.98 Å². The van der Waals surface area contributed by atoms with Gasteiger partial charge < -0.3 is 15.0 Å². The van der Waals surface area contributed by atoms with Crippen LogP contribution in [0, 0.1) is 6.92 Å². The van der Waals surface area contributed by atoms with Crippen LogP contribution in [0.5, 0.6) is 5.75 Å². The van der Waals surface area contributed by atoms with E-state index in [-0.39, 0.29) is 12.6 Å². The highest BCUT2D eigenvalue weighted by molar-refractivity contribution is 6.30.